The van der Waals surface area contributed by atoms with Crippen LogP contribution in [0.15, 0.2) is 12.1 Å². The van der Waals surface area contributed by atoms with E-state index in [2.05, 4.69) is 5.32 Å². The summed E-state index contributed by atoms with van der Waals surface area (Å²) in [4.78, 5) is 9.92. The first kappa shape index (κ1) is 11.1. The summed E-state index contributed by atoms with van der Waals surface area (Å²) in [5.74, 6) is -0.704. The van der Waals surface area contributed by atoms with Gasteiger partial charge in [-0.2, -0.15) is 0 Å². The second-order valence-electron chi connectivity index (χ2n) is 3.01. The molecule has 0 aliphatic carbocycles. The molecule has 0 saturated carbocycles. The van der Waals surface area contributed by atoms with E-state index in [-0.39, 0.29) is 11.4 Å². The van der Waals surface area contributed by atoms with Crippen LogP contribution in [0.2, 0.25) is 0 Å². The van der Waals surface area contributed by atoms with E-state index in [1.54, 1.807) is 0 Å². The van der Waals surface area contributed by atoms with Gasteiger partial charge in [0.25, 0.3) is 0 Å². The zero-order valence-electron chi connectivity index (χ0n) is 8.23. The summed E-state index contributed by atoms with van der Waals surface area (Å²) < 4.78 is 0. The molecule has 0 saturated heterocycles. The number of nitro benzene ring substituents is 1. The molecule has 0 atom stereocenters. The molecule has 0 radical (unpaired) electrons. The monoisotopic (exact) mass is 212 g/mol. The van der Waals surface area contributed by atoms with Crippen molar-refractivity contribution in [2.45, 2.75) is 13.3 Å². The van der Waals surface area contributed by atoms with Gasteiger partial charge in [0.2, 0.25) is 0 Å². The van der Waals surface area contributed by atoms with Crippen molar-refractivity contribution in [2.75, 3.05) is 11.9 Å². The molecule has 0 unspecified atom stereocenters. The fourth-order valence-corrected chi connectivity index (χ4v) is 1.18. The normalized spacial score (nSPS) is 9.93. The quantitative estimate of drug-likeness (QED) is 0.306. The van der Waals surface area contributed by atoms with Crippen LogP contribution in [0.25, 0.3) is 0 Å². The lowest BCUT2D eigenvalue weighted by molar-refractivity contribution is -0.385. The molecular weight excluding hydrogens is 200 g/mol. The van der Waals surface area contributed by atoms with Crippen LogP contribution < -0.4 is 5.32 Å². The third-order valence-electron chi connectivity index (χ3n) is 1.87. The van der Waals surface area contributed by atoms with Crippen LogP contribution in [-0.2, 0) is 0 Å². The highest BCUT2D eigenvalue weighted by molar-refractivity contribution is 5.74. The van der Waals surface area contributed by atoms with E-state index in [4.69, 9.17) is 0 Å². The minimum absolute atomic E-state index is 0.0400. The average molecular weight is 212 g/mol. The molecule has 1 rings (SSSR count). The van der Waals surface area contributed by atoms with Crippen LogP contribution in [-0.4, -0.2) is 21.7 Å². The number of nitrogens with one attached hydrogen (secondary N) is 1. The first-order chi connectivity index (χ1) is 7.07. The highest BCUT2D eigenvalue weighted by Gasteiger charge is 2.22. The maximum Gasteiger partial charge on any atom is 0.337 e. The van der Waals surface area contributed by atoms with Gasteiger partial charge in [-0.05, 0) is 18.6 Å². The van der Waals surface area contributed by atoms with Crippen LogP contribution in [0.5, 0.6) is 11.5 Å². The van der Waals surface area contributed by atoms with E-state index in [1.807, 2.05) is 6.92 Å². The van der Waals surface area contributed by atoms with Crippen LogP contribution in [0, 0.1) is 10.1 Å². The highest BCUT2D eigenvalue weighted by Crippen LogP contribution is 2.40. The van der Waals surface area contributed by atoms with Crippen molar-refractivity contribution in [3.63, 3.8) is 0 Å². The first-order valence-electron chi connectivity index (χ1n) is 4.51. The largest absolute Gasteiger partial charge is 0.506 e. The summed E-state index contributed by atoms with van der Waals surface area (Å²) in [6.45, 7) is 2.37. The summed E-state index contributed by atoms with van der Waals surface area (Å²) in [6, 6.07) is 2.30. The fourth-order valence-electron chi connectivity index (χ4n) is 1.18. The van der Waals surface area contributed by atoms with Crippen molar-refractivity contribution in [2.24, 2.45) is 0 Å². The van der Waals surface area contributed by atoms with E-state index in [0.29, 0.717) is 6.54 Å². The summed E-state index contributed by atoms with van der Waals surface area (Å²) >= 11 is 0. The van der Waals surface area contributed by atoms with Crippen LogP contribution >= 0.6 is 0 Å². The maximum atomic E-state index is 10.7. The van der Waals surface area contributed by atoms with E-state index < -0.39 is 16.4 Å². The first-order valence-corrected chi connectivity index (χ1v) is 4.51. The molecule has 0 amide bonds. The number of phenols is 2. The van der Waals surface area contributed by atoms with Gasteiger partial charge in [-0.25, -0.2) is 0 Å². The second-order valence-corrected chi connectivity index (χ2v) is 3.01. The molecule has 0 heterocycles. The SMILES string of the molecule is CCCNc1c(O)ccc(O)c1[N+](=O)[O-]. The molecule has 1 aromatic rings. The molecule has 15 heavy (non-hydrogen) atoms. The lowest BCUT2D eigenvalue weighted by Crippen LogP contribution is -2.03. The number of phenolic OH excluding ortho intramolecular Hbond substituents is 2. The van der Waals surface area contributed by atoms with Gasteiger partial charge >= 0.3 is 5.69 Å². The Morgan fingerprint density at radius 3 is 2.53 bits per heavy atom. The van der Waals surface area contributed by atoms with E-state index in [1.165, 1.54) is 6.07 Å². The minimum atomic E-state index is -0.729. The molecule has 6 nitrogen and oxygen atoms in total. The zero-order valence-corrected chi connectivity index (χ0v) is 8.23. The maximum absolute atomic E-state index is 10.7. The van der Waals surface area contributed by atoms with Gasteiger partial charge < -0.3 is 15.5 Å². The van der Waals surface area contributed by atoms with E-state index in [0.717, 1.165) is 12.5 Å². The zero-order chi connectivity index (χ0) is 11.4. The van der Waals surface area contributed by atoms with Crippen molar-refractivity contribution in [1.82, 2.24) is 0 Å². The number of hydrogen-bond acceptors (Lipinski definition) is 5. The Kier molecular flexibility index (Phi) is 3.33. The Morgan fingerprint density at radius 1 is 1.40 bits per heavy atom. The summed E-state index contributed by atoms with van der Waals surface area (Å²) in [7, 11) is 0. The molecule has 6 heteroatoms. The smallest absolute Gasteiger partial charge is 0.337 e. The molecular formula is C9H12N2O4. The Bertz CT molecular complexity index is 379. The molecule has 0 aromatic heterocycles. The molecule has 0 aliphatic heterocycles. The molecule has 3 N–H and O–H groups in total. The summed E-state index contributed by atoms with van der Waals surface area (Å²) in [5, 5.41) is 32.1. The van der Waals surface area contributed by atoms with E-state index >= 15 is 0 Å². The van der Waals surface area contributed by atoms with Crippen LogP contribution in [0.4, 0.5) is 11.4 Å². The van der Waals surface area contributed by atoms with Gasteiger partial charge in [0.05, 0.1) is 4.92 Å². The topological polar surface area (TPSA) is 95.6 Å². The van der Waals surface area contributed by atoms with Crippen molar-refractivity contribution in [3.05, 3.63) is 22.2 Å². The Labute approximate surface area is 86.3 Å². The summed E-state index contributed by atoms with van der Waals surface area (Å²) in [6.07, 6.45) is 0.756. The van der Waals surface area contributed by atoms with Crippen LogP contribution in [0.3, 0.4) is 0 Å². The standard InChI is InChI=1S/C9H12N2O4/c1-2-5-10-8-6(12)3-4-7(13)9(8)11(14)15/h3-4,10,12-13H,2,5H2,1H3. The second kappa shape index (κ2) is 4.50. The van der Waals surface area contributed by atoms with Gasteiger partial charge in [0, 0.05) is 6.54 Å². The number of aromatic hydroxyl groups is 2. The Hall–Kier alpha value is -1.98. The number of nitrogens with zero attached hydrogens (tertiary/aromatic N) is 1. The Morgan fingerprint density at radius 2 is 2.00 bits per heavy atom. The molecule has 0 fully saturated rings. The molecule has 0 spiro atoms. The van der Waals surface area contributed by atoms with Gasteiger partial charge in [0.1, 0.15) is 5.75 Å². The lowest BCUT2D eigenvalue weighted by Gasteiger charge is -2.08. The van der Waals surface area contributed by atoms with Gasteiger partial charge in [-0.1, -0.05) is 6.92 Å². The average Bonchev–Trinajstić information content (AvgIpc) is 2.18. The van der Waals surface area contributed by atoms with Crippen molar-refractivity contribution >= 4 is 11.4 Å². The van der Waals surface area contributed by atoms with Crippen molar-refractivity contribution in [1.29, 1.82) is 0 Å². The number of rotatable bonds is 4. The molecule has 1 aromatic carbocycles. The predicted octanol–water partition coefficient (Wildman–Crippen LogP) is 1.83. The number of benzene rings is 1. The number of hydrogen-bond donors (Lipinski definition) is 3. The van der Waals surface area contributed by atoms with E-state index in [9.17, 15) is 20.3 Å². The van der Waals surface area contributed by atoms with Gasteiger partial charge in [-0.15, -0.1) is 0 Å². The number of anilines is 1. The van der Waals surface area contributed by atoms with Crippen molar-refractivity contribution in [3.8, 4) is 11.5 Å². The molecule has 82 valence electrons. The molecule has 0 aliphatic rings. The summed E-state index contributed by atoms with van der Waals surface area (Å²) in [5.41, 5.74) is -0.537. The fraction of sp³-hybridized carbons (Fsp3) is 0.333. The van der Waals surface area contributed by atoms with Gasteiger partial charge in [0.15, 0.2) is 11.4 Å². The predicted molar refractivity (Wildman–Crippen MR) is 55.2 cm³/mol. The minimum Gasteiger partial charge on any atom is -0.506 e. The van der Waals surface area contributed by atoms with Crippen molar-refractivity contribution < 1.29 is 15.1 Å². The third kappa shape index (κ3) is 2.28. The molecule has 0 bridgehead atoms. The highest BCUT2D eigenvalue weighted by atomic mass is 16.6. The third-order valence-corrected chi connectivity index (χ3v) is 1.87. The lowest BCUT2D eigenvalue weighted by atomic mass is 10.2. The Balaban J connectivity index is 3.19. The number of nitro groups is 1. The van der Waals surface area contributed by atoms with Gasteiger partial charge in [-0.3, -0.25) is 10.1 Å². The van der Waals surface area contributed by atoms with Crippen LogP contribution in [0.1, 0.15) is 13.3 Å².